The van der Waals surface area contributed by atoms with Crippen LogP contribution < -0.4 is 4.23 Å². The zero-order chi connectivity index (χ0) is 13.9. The van der Waals surface area contributed by atoms with Gasteiger partial charge in [-0.05, 0) is 48.4 Å². The molecular formula is C16H29NSi2. The van der Waals surface area contributed by atoms with Crippen molar-refractivity contribution in [3.8, 4) is 0 Å². The van der Waals surface area contributed by atoms with Crippen LogP contribution in [-0.4, -0.2) is 16.5 Å². The first-order chi connectivity index (χ1) is 9.18. The van der Waals surface area contributed by atoms with Crippen LogP contribution in [0, 0.1) is 0 Å². The van der Waals surface area contributed by atoms with Crippen LogP contribution in [0.25, 0.3) is 0 Å². The number of hydrogen-bond acceptors (Lipinski definition) is 1. The second kappa shape index (κ2) is 5.84. The predicted octanol–water partition coefficient (Wildman–Crippen LogP) is 5.48. The summed E-state index contributed by atoms with van der Waals surface area (Å²) in [6.45, 7) is 9.78. The molecule has 1 aromatic rings. The van der Waals surface area contributed by atoms with Crippen LogP contribution in [0.15, 0.2) is 30.3 Å². The van der Waals surface area contributed by atoms with Crippen LogP contribution in [0.5, 0.6) is 0 Å². The van der Waals surface area contributed by atoms with Crippen LogP contribution in [-0.2, 0) is 0 Å². The number of hydrogen-bond donors (Lipinski definition) is 0. The van der Waals surface area contributed by atoms with Crippen molar-refractivity contribution in [2.45, 2.75) is 64.0 Å². The Bertz CT molecular complexity index is 376. The van der Waals surface area contributed by atoms with Gasteiger partial charge in [0, 0.05) is 5.69 Å². The number of benzene rings is 1. The molecule has 1 nitrogen and oxygen atoms in total. The van der Waals surface area contributed by atoms with Gasteiger partial charge < -0.3 is 4.23 Å². The van der Waals surface area contributed by atoms with E-state index in [0.717, 1.165) is 0 Å². The summed E-state index contributed by atoms with van der Waals surface area (Å²) in [5, 5.41) is 0. The molecule has 1 aliphatic rings. The Morgan fingerprint density at radius 1 is 0.789 bits per heavy atom. The maximum Gasteiger partial charge on any atom is 0.147 e. The topological polar surface area (TPSA) is 3.24 Å². The van der Waals surface area contributed by atoms with Crippen molar-refractivity contribution in [3.63, 3.8) is 0 Å². The second-order valence-electron chi connectivity index (χ2n) is 6.03. The van der Waals surface area contributed by atoms with E-state index in [4.69, 9.17) is 0 Å². The second-order valence-corrected chi connectivity index (χ2v) is 16.1. The Kier molecular flexibility index (Phi) is 4.56. The fourth-order valence-electron chi connectivity index (χ4n) is 4.16. The Balaban J connectivity index is 2.51. The van der Waals surface area contributed by atoms with Crippen molar-refractivity contribution in [3.05, 3.63) is 30.3 Å². The summed E-state index contributed by atoms with van der Waals surface area (Å²) in [7, 11) is -2.47. The van der Waals surface area contributed by atoms with Gasteiger partial charge >= 0.3 is 0 Å². The normalized spacial score (nSPS) is 20.7. The molecule has 0 radical (unpaired) electrons. The summed E-state index contributed by atoms with van der Waals surface area (Å²) in [5.41, 5.74) is 1.55. The molecule has 1 aromatic carbocycles. The maximum atomic E-state index is 3.07. The molecule has 106 valence electrons. The van der Waals surface area contributed by atoms with Crippen molar-refractivity contribution in [1.82, 2.24) is 0 Å². The third kappa shape index (κ3) is 2.31. The van der Waals surface area contributed by atoms with Crippen molar-refractivity contribution in [2.24, 2.45) is 0 Å². The van der Waals surface area contributed by atoms with Gasteiger partial charge in [0.25, 0.3) is 0 Å². The molecule has 0 N–H and O–H groups in total. The zero-order valence-electron chi connectivity index (χ0n) is 13.1. The fraction of sp³-hybridized carbons (Fsp3) is 0.625. The van der Waals surface area contributed by atoms with E-state index < -0.39 is 16.5 Å². The van der Waals surface area contributed by atoms with E-state index in [1.807, 2.05) is 0 Å². The van der Waals surface area contributed by atoms with Gasteiger partial charge in [0.2, 0.25) is 0 Å². The number of para-hydroxylation sites is 1. The van der Waals surface area contributed by atoms with E-state index in [1.165, 1.54) is 24.2 Å². The highest BCUT2D eigenvalue weighted by Gasteiger charge is 2.53. The van der Waals surface area contributed by atoms with Crippen molar-refractivity contribution in [1.29, 1.82) is 0 Å². The first-order valence-corrected chi connectivity index (χ1v) is 13.2. The largest absolute Gasteiger partial charge is 0.424 e. The molecule has 0 spiro atoms. The van der Waals surface area contributed by atoms with Crippen LogP contribution >= 0.6 is 0 Å². The summed E-state index contributed by atoms with van der Waals surface area (Å²) in [6, 6.07) is 20.1. The van der Waals surface area contributed by atoms with Gasteiger partial charge in [0.05, 0.1) is 0 Å². The fourth-order valence-corrected chi connectivity index (χ4v) is 20.0. The van der Waals surface area contributed by atoms with Crippen LogP contribution in [0.3, 0.4) is 0 Å². The summed E-state index contributed by atoms with van der Waals surface area (Å²) >= 11 is 0. The van der Waals surface area contributed by atoms with E-state index in [9.17, 15) is 0 Å². The van der Waals surface area contributed by atoms with E-state index in [1.54, 1.807) is 17.8 Å². The highest BCUT2D eigenvalue weighted by molar-refractivity contribution is 7.06. The van der Waals surface area contributed by atoms with Crippen LogP contribution in [0.4, 0.5) is 5.69 Å². The van der Waals surface area contributed by atoms with Gasteiger partial charge in [0.15, 0.2) is 0 Å². The van der Waals surface area contributed by atoms with E-state index in [-0.39, 0.29) is 0 Å². The highest BCUT2D eigenvalue weighted by atomic mass is 28.4. The minimum atomic E-state index is -1.23. The smallest absolute Gasteiger partial charge is 0.147 e. The summed E-state index contributed by atoms with van der Waals surface area (Å²) in [5.74, 6) is 0. The van der Waals surface area contributed by atoms with Gasteiger partial charge in [-0.3, -0.25) is 0 Å². The van der Waals surface area contributed by atoms with Crippen LogP contribution in [0.1, 0.15) is 27.7 Å². The Labute approximate surface area is 121 Å². The third-order valence-electron chi connectivity index (χ3n) is 5.65. The lowest BCUT2D eigenvalue weighted by molar-refractivity contribution is 1.16. The number of rotatable bonds is 5. The summed E-state index contributed by atoms with van der Waals surface area (Å²) < 4.78 is 3.07. The monoisotopic (exact) mass is 291 g/mol. The molecule has 0 saturated carbocycles. The Hall–Kier alpha value is -0.546. The molecule has 0 aromatic heterocycles. The van der Waals surface area contributed by atoms with Gasteiger partial charge in [-0.25, -0.2) is 0 Å². The minimum absolute atomic E-state index is 1.23. The maximum absolute atomic E-state index is 3.07. The molecule has 19 heavy (non-hydrogen) atoms. The van der Waals surface area contributed by atoms with Gasteiger partial charge in [-0.1, -0.05) is 45.9 Å². The number of nitrogens with zero attached hydrogens (tertiary/aromatic N) is 1. The van der Waals surface area contributed by atoms with Crippen molar-refractivity contribution in [2.75, 3.05) is 4.23 Å². The lowest BCUT2D eigenvalue weighted by atomic mass is 10.3. The van der Waals surface area contributed by atoms with E-state index >= 15 is 0 Å². The first kappa shape index (κ1) is 14.9. The minimum Gasteiger partial charge on any atom is -0.424 e. The van der Waals surface area contributed by atoms with Gasteiger partial charge in [0.1, 0.15) is 16.5 Å². The molecule has 0 unspecified atom stereocenters. The van der Waals surface area contributed by atoms with Crippen LogP contribution in [0.2, 0.25) is 36.3 Å². The summed E-state index contributed by atoms with van der Waals surface area (Å²) in [6.07, 6.45) is 0. The SMILES string of the molecule is CC[Si]1(CC)CC[Si](CC)(CC)N1c1ccccc1. The first-order valence-electron chi connectivity index (χ1n) is 8.03. The van der Waals surface area contributed by atoms with Crippen molar-refractivity contribution >= 4 is 22.2 Å². The van der Waals surface area contributed by atoms with E-state index in [0.29, 0.717) is 0 Å². The third-order valence-corrected chi connectivity index (χ3v) is 19.0. The summed E-state index contributed by atoms with van der Waals surface area (Å²) in [4.78, 5) is 0. The standard InChI is InChI=1S/C16H29NSi2/c1-5-18(6-2)14-15-19(7-3,8-4)17(18)16-12-10-9-11-13-16/h9-13H,5-8,14-15H2,1-4H3. The molecule has 3 heteroatoms. The molecule has 0 atom stereocenters. The highest BCUT2D eigenvalue weighted by Crippen LogP contribution is 2.47. The average Bonchev–Trinajstić information content (AvgIpc) is 2.83. The molecule has 0 amide bonds. The molecule has 0 aliphatic carbocycles. The Morgan fingerprint density at radius 2 is 1.21 bits per heavy atom. The lowest BCUT2D eigenvalue weighted by Gasteiger charge is -2.47. The molecule has 1 fully saturated rings. The van der Waals surface area contributed by atoms with Crippen molar-refractivity contribution < 1.29 is 0 Å². The molecule has 0 bridgehead atoms. The van der Waals surface area contributed by atoms with E-state index in [2.05, 4.69) is 62.3 Å². The molecule has 2 rings (SSSR count). The van der Waals surface area contributed by atoms with Gasteiger partial charge in [-0.2, -0.15) is 0 Å². The molecular weight excluding hydrogens is 262 g/mol. The predicted molar refractivity (Wildman–Crippen MR) is 92.0 cm³/mol. The average molecular weight is 292 g/mol. The number of anilines is 1. The van der Waals surface area contributed by atoms with Gasteiger partial charge in [-0.15, -0.1) is 0 Å². The Morgan fingerprint density at radius 3 is 1.58 bits per heavy atom. The zero-order valence-corrected chi connectivity index (χ0v) is 15.1. The molecule has 1 aliphatic heterocycles. The molecule has 1 heterocycles. The molecule has 1 saturated heterocycles. The quantitative estimate of drug-likeness (QED) is 0.650. The lowest BCUT2D eigenvalue weighted by Crippen LogP contribution is -2.60.